The van der Waals surface area contributed by atoms with E-state index in [1.807, 2.05) is 0 Å². The highest BCUT2D eigenvalue weighted by Crippen LogP contribution is 2.17. The number of hydrogen-bond donors (Lipinski definition) is 1. The number of carbonyl (C=O) groups is 1. The molecule has 0 spiro atoms. The van der Waals surface area contributed by atoms with Gasteiger partial charge in [0.25, 0.3) is 0 Å². The molecule has 1 atom stereocenters. The van der Waals surface area contributed by atoms with E-state index in [4.69, 9.17) is 4.74 Å². The molecule has 1 N–H and O–H groups in total. The third-order valence-corrected chi connectivity index (χ3v) is 4.21. The van der Waals surface area contributed by atoms with Gasteiger partial charge in [0, 0.05) is 0 Å². The zero-order valence-corrected chi connectivity index (χ0v) is 13.5. The van der Waals surface area contributed by atoms with Crippen LogP contribution in [-0.4, -0.2) is 26.0 Å². The number of esters is 1. The van der Waals surface area contributed by atoms with Crippen LogP contribution < -0.4 is 4.72 Å². The number of rotatable bonds is 4. The van der Waals surface area contributed by atoms with Crippen LogP contribution in [0, 0.1) is 12.7 Å². The number of sulfonamides is 1. The first-order valence-electron chi connectivity index (χ1n) is 6.44. The Morgan fingerprint density at radius 1 is 1.33 bits per heavy atom. The van der Waals surface area contributed by atoms with E-state index < -0.39 is 33.5 Å². The molecule has 21 heavy (non-hydrogen) atoms. The van der Waals surface area contributed by atoms with Crippen LogP contribution in [0.3, 0.4) is 0 Å². The Balaban J connectivity index is 2.95. The Kier molecular flexibility index (Phi) is 5.11. The normalized spacial score (nSPS) is 13.8. The van der Waals surface area contributed by atoms with Gasteiger partial charge < -0.3 is 4.74 Å². The standard InChI is InChI=1S/C14H20FNO4S/c1-9-6-7-11(15)8-12(9)21(18,19)16-10(2)13(17)20-14(3,4)5/h6-8,10,16H,1-5H3/t10-/m1/s1. The number of halogens is 1. The molecule has 1 aromatic rings. The maximum atomic E-state index is 13.2. The van der Waals surface area contributed by atoms with Crippen LogP contribution in [0.4, 0.5) is 4.39 Å². The second-order valence-electron chi connectivity index (χ2n) is 5.79. The molecule has 0 aliphatic rings. The van der Waals surface area contributed by atoms with E-state index in [1.165, 1.54) is 19.1 Å². The lowest BCUT2D eigenvalue weighted by molar-refractivity contribution is -0.156. The van der Waals surface area contributed by atoms with E-state index in [-0.39, 0.29) is 4.90 Å². The van der Waals surface area contributed by atoms with Crippen molar-refractivity contribution < 1.29 is 22.3 Å². The van der Waals surface area contributed by atoms with Crippen molar-refractivity contribution in [2.24, 2.45) is 0 Å². The Hall–Kier alpha value is -1.47. The number of benzene rings is 1. The highest BCUT2D eigenvalue weighted by atomic mass is 32.2. The topological polar surface area (TPSA) is 72.5 Å². The third kappa shape index (κ3) is 5.09. The van der Waals surface area contributed by atoms with Gasteiger partial charge in [0.1, 0.15) is 17.5 Å². The van der Waals surface area contributed by atoms with Crippen molar-refractivity contribution in [1.29, 1.82) is 0 Å². The van der Waals surface area contributed by atoms with Crippen molar-refractivity contribution in [2.75, 3.05) is 0 Å². The van der Waals surface area contributed by atoms with Crippen LogP contribution in [-0.2, 0) is 19.6 Å². The maximum absolute atomic E-state index is 13.2. The molecule has 0 bridgehead atoms. The zero-order valence-electron chi connectivity index (χ0n) is 12.7. The highest BCUT2D eigenvalue weighted by molar-refractivity contribution is 7.89. The molecule has 0 fully saturated rings. The zero-order chi connectivity index (χ0) is 16.4. The Labute approximate surface area is 124 Å². The van der Waals surface area contributed by atoms with Gasteiger partial charge in [-0.05, 0) is 52.3 Å². The molecular weight excluding hydrogens is 297 g/mol. The number of hydrogen-bond acceptors (Lipinski definition) is 4. The van der Waals surface area contributed by atoms with E-state index in [1.54, 1.807) is 27.7 Å². The summed E-state index contributed by atoms with van der Waals surface area (Å²) < 4.78 is 44.9. The lowest BCUT2D eigenvalue weighted by Gasteiger charge is -2.22. The molecule has 1 aromatic carbocycles. The highest BCUT2D eigenvalue weighted by Gasteiger charge is 2.27. The lowest BCUT2D eigenvalue weighted by atomic mass is 10.2. The largest absolute Gasteiger partial charge is 0.459 e. The fraction of sp³-hybridized carbons (Fsp3) is 0.500. The van der Waals surface area contributed by atoms with E-state index >= 15 is 0 Å². The minimum atomic E-state index is -4.00. The number of nitrogens with one attached hydrogen (secondary N) is 1. The van der Waals surface area contributed by atoms with Gasteiger partial charge in [-0.2, -0.15) is 4.72 Å². The summed E-state index contributed by atoms with van der Waals surface area (Å²) >= 11 is 0. The van der Waals surface area contributed by atoms with Gasteiger partial charge >= 0.3 is 5.97 Å². The van der Waals surface area contributed by atoms with E-state index in [0.29, 0.717) is 5.56 Å². The quantitative estimate of drug-likeness (QED) is 0.864. The fourth-order valence-electron chi connectivity index (χ4n) is 1.60. The second-order valence-corrected chi connectivity index (χ2v) is 7.47. The average Bonchev–Trinajstić information content (AvgIpc) is 2.29. The van der Waals surface area contributed by atoms with Crippen molar-refractivity contribution in [3.63, 3.8) is 0 Å². The fourth-order valence-corrected chi connectivity index (χ4v) is 3.05. The molecule has 0 saturated heterocycles. The summed E-state index contributed by atoms with van der Waals surface area (Å²) in [5.41, 5.74) is -0.328. The molecule has 7 heteroatoms. The Morgan fingerprint density at radius 2 is 1.90 bits per heavy atom. The molecule has 0 saturated carbocycles. The predicted octanol–water partition coefficient (Wildman–Crippen LogP) is 2.14. The van der Waals surface area contributed by atoms with Gasteiger partial charge in [0.15, 0.2) is 0 Å². The first-order chi connectivity index (χ1) is 9.42. The molecule has 1 rings (SSSR count). The lowest BCUT2D eigenvalue weighted by Crippen LogP contribution is -2.42. The van der Waals surface area contributed by atoms with Gasteiger partial charge in [-0.1, -0.05) is 6.07 Å². The monoisotopic (exact) mass is 317 g/mol. The average molecular weight is 317 g/mol. The smallest absolute Gasteiger partial charge is 0.324 e. The molecule has 5 nitrogen and oxygen atoms in total. The molecule has 0 aliphatic carbocycles. The van der Waals surface area contributed by atoms with Crippen LogP contribution >= 0.6 is 0 Å². The van der Waals surface area contributed by atoms with Crippen molar-refractivity contribution in [3.05, 3.63) is 29.6 Å². The van der Waals surface area contributed by atoms with Gasteiger partial charge in [-0.15, -0.1) is 0 Å². The summed E-state index contributed by atoms with van der Waals surface area (Å²) in [4.78, 5) is 11.6. The minimum absolute atomic E-state index is 0.196. The SMILES string of the molecule is Cc1ccc(F)cc1S(=O)(=O)N[C@H](C)C(=O)OC(C)(C)C. The number of carbonyl (C=O) groups excluding carboxylic acids is 1. The second kappa shape index (κ2) is 6.11. The number of ether oxygens (including phenoxy) is 1. The molecule has 0 radical (unpaired) electrons. The summed E-state index contributed by atoms with van der Waals surface area (Å²) in [6.07, 6.45) is 0. The third-order valence-electron chi connectivity index (χ3n) is 2.53. The molecule has 0 amide bonds. The van der Waals surface area contributed by atoms with Crippen molar-refractivity contribution >= 4 is 16.0 Å². The first-order valence-corrected chi connectivity index (χ1v) is 7.92. The summed E-state index contributed by atoms with van der Waals surface area (Å²) in [6.45, 7) is 7.97. The predicted molar refractivity (Wildman–Crippen MR) is 76.8 cm³/mol. The Bertz CT molecular complexity index is 635. The van der Waals surface area contributed by atoms with Crippen LogP contribution in [0.15, 0.2) is 23.1 Å². The summed E-state index contributed by atoms with van der Waals surface area (Å²) in [5, 5.41) is 0. The molecule has 118 valence electrons. The van der Waals surface area contributed by atoms with Crippen molar-refractivity contribution in [2.45, 2.75) is 51.2 Å². The Morgan fingerprint density at radius 3 is 2.43 bits per heavy atom. The van der Waals surface area contributed by atoms with Gasteiger partial charge in [-0.3, -0.25) is 4.79 Å². The molecule has 0 heterocycles. The van der Waals surface area contributed by atoms with Crippen LogP contribution in [0.2, 0.25) is 0 Å². The molecule has 0 unspecified atom stereocenters. The van der Waals surface area contributed by atoms with Gasteiger partial charge in [0.2, 0.25) is 10.0 Å². The van der Waals surface area contributed by atoms with Crippen LogP contribution in [0.1, 0.15) is 33.3 Å². The first kappa shape index (κ1) is 17.6. The summed E-state index contributed by atoms with van der Waals surface area (Å²) in [7, 11) is -4.00. The van der Waals surface area contributed by atoms with Gasteiger partial charge in [0.05, 0.1) is 4.90 Å². The van der Waals surface area contributed by atoms with Crippen molar-refractivity contribution in [1.82, 2.24) is 4.72 Å². The maximum Gasteiger partial charge on any atom is 0.324 e. The molecule has 0 aliphatic heterocycles. The minimum Gasteiger partial charge on any atom is -0.459 e. The van der Waals surface area contributed by atoms with E-state index in [0.717, 1.165) is 6.07 Å². The van der Waals surface area contributed by atoms with Crippen molar-refractivity contribution in [3.8, 4) is 0 Å². The molecular formula is C14H20FNO4S. The summed E-state index contributed by atoms with van der Waals surface area (Å²) in [5.74, 6) is -1.36. The van der Waals surface area contributed by atoms with E-state index in [2.05, 4.69) is 4.72 Å². The van der Waals surface area contributed by atoms with Gasteiger partial charge in [-0.25, -0.2) is 12.8 Å². The summed E-state index contributed by atoms with van der Waals surface area (Å²) in [6, 6.07) is 2.38. The molecule has 0 aromatic heterocycles. The van der Waals surface area contributed by atoms with E-state index in [9.17, 15) is 17.6 Å². The number of aryl methyl sites for hydroxylation is 1. The van der Waals surface area contributed by atoms with Crippen LogP contribution in [0.5, 0.6) is 0 Å². The van der Waals surface area contributed by atoms with Crippen LogP contribution in [0.25, 0.3) is 0 Å².